The summed E-state index contributed by atoms with van der Waals surface area (Å²) < 4.78 is 40.9. The second-order valence-electron chi connectivity index (χ2n) is 4.88. The van der Waals surface area contributed by atoms with E-state index in [-0.39, 0.29) is 11.8 Å². The molecular formula is C11H20F3NO2S. The molecule has 0 fully saturated rings. The van der Waals surface area contributed by atoms with Gasteiger partial charge in [0.15, 0.2) is 0 Å². The van der Waals surface area contributed by atoms with E-state index in [9.17, 15) is 18.0 Å². The lowest BCUT2D eigenvalue weighted by Gasteiger charge is -2.23. The lowest BCUT2D eigenvalue weighted by atomic mass is 10.2. The summed E-state index contributed by atoms with van der Waals surface area (Å²) in [6, 6.07) is -0.313. The van der Waals surface area contributed by atoms with Crippen molar-refractivity contribution in [3.63, 3.8) is 0 Å². The highest BCUT2D eigenvalue weighted by atomic mass is 32.2. The van der Waals surface area contributed by atoms with Crippen LogP contribution in [0.25, 0.3) is 0 Å². The minimum atomic E-state index is -4.17. The Hall–Kier alpha value is -0.590. The Labute approximate surface area is 110 Å². The molecule has 3 nitrogen and oxygen atoms in total. The zero-order valence-electron chi connectivity index (χ0n) is 11.1. The molecule has 0 aromatic heterocycles. The number of rotatable bonds is 5. The van der Waals surface area contributed by atoms with Gasteiger partial charge in [0.2, 0.25) is 0 Å². The van der Waals surface area contributed by atoms with Gasteiger partial charge in [-0.3, -0.25) is 0 Å². The van der Waals surface area contributed by atoms with Crippen molar-refractivity contribution in [2.24, 2.45) is 0 Å². The molecule has 0 radical (unpaired) electrons. The van der Waals surface area contributed by atoms with Crippen molar-refractivity contribution in [1.29, 1.82) is 0 Å². The van der Waals surface area contributed by atoms with E-state index in [1.54, 1.807) is 27.7 Å². The van der Waals surface area contributed by atoms with E-state index in [0.717, 1.165) is 11.8 Å². The van der Waals surface area contributed by atoms with Crippen molar-refractivity contribution in [2.75, 3.05) is 11.5 Å². The number of amides is 1. The second kappa shape index (κ2) is 7.11. The van der Waals surface area contributed by atoms with E-state index >= 15 is 0 Å². The van der Waals surface area contributed by atoms with Crippen LogP contribution in [0.1, 0.15) is 34.1 Å². The Morgan fingerprint density at radius 3 is 2.28 bits per heavy atom. The molecule has 1 unspecified atom stereocenters. The number of alkyl carbamates (subject to hydrolysis) is 1. The number of carbonyl (C=O) groups excluding carboxylic acids is 1. The van der Waals surface area contributed by atoms with Crippen LogP contribution in [0.2, 0.25) is 0 Å². The van der Waals surface area contributed by atoms with Crippen molar-refractivity contribution >= 4 is 17.9 Å². The average molecular weight is 287 g/mol. The van der Waals surface area contributed by atoms with E-state index in [1.807, 2.05) is 0 Å². The summed E-state index contributed by atoms with van der Waals surface area (Å²) >= 11 is 0.758. The first-order valence-electron chi connectivity index (χ1n) is 5.67. The van der Waals surface area contributed by atoms with Gasteiger partial charge >= 0.3 is 12.3 Å². The fraction of sp³-hybridized carbons (Fsp3) is 0.909. The minimum Gasteiger partial charge on any atom is -0.444 e. The van der Waals surface area contributed by atoms with Crippen LogP contribution >= 0.6 is 11.8 Å². The topological polar surface area (TPSA) is 38.3 Å². The highest BCUT2D eigenvalue weighted by molar-refractivity contribution is 7.99. The van der Waals surface area contributed by atoms with E-state index < -0.39 is 23.6 Å². The molecule has 0 heterocycles. The van der Waals surface area contributed by atoms with E-state index in [1.165, 1.54) is 0 Å². The molecule has 0 saturated heterocycles. The first-order valence-corrected chi connectivity index (χ1v) is 6.83. The van der Waals surface area contributed by atoms with Crippen molar-refractivity contribution in [3.8, 4) is 0 Å². The fourth-order valence-corrected chi connectivity index (χ4v) is 2.01. The number of halogens is 3. The molecule has 0 saturated carbocycles. The number of ether oxygens (including phenoxy) is 1. The van der Waals surface area contributed by atoms with Gasteiger partial charge in [0.25, 0.3) is 0 Å². The Morgan fingerprint density at radius 1 is 1.33 bits per heavy atom. The predicted octanol–water partition coefficient (Wildman–Crippen LogP) is 3.59. The first kappa shape index (κ1) is 17.4. The van der Waals surface area contributed by atoms with Crippen LogP contribution in [0, 0.1) is 0 Å². The lowest BCUT2D eigenvalue weighted by molar-refractivity contribution is -0.105. The first-order chi connectivity index (χ1) is 8.03. The van der Waals surface area contributed by atoms with Gasteiger partial charge in [-0.05, 0) is 27.2 Å². The molecule has 0 aliphatic rings. The third-order valence-corrected chi connectivity index (χ3v) is 2.97. The third-order valence-electron chi connectivity index (χ3n) is 1.80. The Kier molecular flexibility index (Phi) is 6.88. The molecule has 0 aliphatic heterocycles. The second-order valence-corrected chi connectivity index (χ2v) is 5.91. The van der Waals surface area contributed by atoms with Crippen molar-refractivity contribution < 1.29 is 22.7 Å². The monoisotopic (exact) mass is 287 g/mol. The Bertz CT molecular complexity index is 264. The highest BCUT2D eigenvalue weighted by Crippen LogP contribution is 2.21. The number of nitrogens with one attached hydrogen (secondary N) is 1. The summed E-state index contributed by atoms with van der Waals surface area (Å²) in [4.78, 5) is 11.4. The standard InChI is InChI=1S/C11H20F3NO2S/c1-5-8(6-18-7-11(12,13)14)15-9(16)17-10(2,3)4/h8H,5-7H2,1-4H3,(H,15,16). The maximum atomic E-state index is 12.0. The molecular weight excluding hydrogens is 267 g/mol. The largest absolute Gasteiger partial charge is 0.444 e. The molecule has 0 spiro atoms. The Morgan fingerprint density at radius 2 is 1.89 bits per heavy atom. The van der Waals surface area contributed by atoms with Crippen LogP contribution in [-0.4, -0.2) is 35.4 Å². The van der Waals surface area contributed by atoms with Crippen molar-refractivity contribution in [2.45, 2.75) is 51.9 Å². The normalized spacial score (nSPS) is 14.2. The summed E-state index contributed by atoms with van der Waals surface area (Å²) in [6.45, 7) is 6.99. The molecule has 1 N–H and O–H groups in total. The number of alkyl halides is 3. The molecule has 0 bridgehead atoms. The highest BCUT2D eigenvalue weighted by Gasteiger charge is 2.27. The fourth-order valence-electron chi connectivity index (χ4n) is 1.05. The van der Waals surface area contributed by atoms with Crippen molar-refractivity contribution in [1.82, 2.24) is 5.32 Å². The van der Waals surface area contributed by atoms with Gasteiger partial charge in [0.05, 0.1) is 5.75 Å². The summed E-state index contributed by atoms with van der Waals surface area (Å²) in [6.07, 6.45) is -4.21. The van der Waals surface area contributed by atoms with Crippen LogP contribution in [-0.2, 0) is 4.74 Å². The molecule has 1 atom stereocenters. The smallest absolute Gasteiger partial charge is 0.407 e. The molecule has 7 heteroatoms. The average Bonchev–Trinajstić information content (AvgIpc) is 2.11. The van der Waals surface area contributed by atoms with Gasteiger partial charge in [0, 0.05) is 11.8 Å². The van der Waals surface area contributed by atoms with Gasteiger partial charge in [-0.25, -0.2) is 4.79 Å². The molecule has 1 amide bonds. The third kappa shape index (κ3) is 10.6. The van der Waals surface area contributed by atoms with Gasteiger partial charge in [-0.15, -0.1) is 0 Å². The van der Waals surface area contributed by atoms with Gasteiger partial charge < -0.3 is 10.1 Å². The molecule has 108 valence electrons. The summed E-state index contributed by atoms with van der Waals surface area (Å²) in [5.41, 5.74) is -0.610. The minimum absolute atomic E-state index is 0.218. The number of hydrogen-bond acceptors (Lipinski definition) is 3. The van der Waals surface area contributed by atoms with E-state index in [0.29, 0.717) is 6.42 Å². The summed E-state index contributed by atoms with van der Waals surface area (Å²) in [7, 11) is 0. The number of carbonyl (C=O) groups is 1. The SMILES string of the molecule is CCC(CSCC(F)(F)F)NC(=O)OC(C)(C)C. The quantitative estimate of drug-likeness (QED) is 0.840. The molecule has 0 aliphatic carbocycles. The van der Waals surface area contributed by atoms with Crippen LogP contribution in [0.15, 0.2) is 0 Å². The van der Waals surface area contributed by atoms with Gasteiger partial charge in [0.1, 0.15) is 5.60 Å². The van der Waals surface area contributed by atoms with Crippen molar-refractivity contribution in [3.05, 3.63) is 0 Å². The summed E-state index contributed by atoms with van der Waals surface area (Å²) in [5, 5.41) is 2.56. The van der Waals surface area contributed by atoms with Crippen LogP contribution in [0.4, 0.5) is 18.0 Å². The van der Waals surface area contributed by atoms with E-state index in [4.69, 9.17) is 4.74 Å². The van der Waals surface area contributed by atoms with Gasteiger partial charge in [-0.2, -0.15) is 24.9 Å². The van der Waals surface area contributed by atoms with Crippen LogP contribution in [0.3, 0.4) is 0 Å². The zero-order chi connectivity index (χ0) is 14.4. The number of hydrogen-bond donors (Lipinski definition) is 1. The maximum absolute atomic E-state index is 12.0. The van der Waals surface area contributed by atoms with Crippen LogP contribution in [0.5, 0.6) is 0 Å². The lowest BCUT2D eigenvalue weighted by Crippen LogP contribution is -2.40. The zero-order valence-corrected chi connectivity index (χ0v) is 11.9. The maximum Gasteiger partial charge on any atom is 0.407 e. The summed E-state index contributed by atoms with van der Waals surface area (Å²) in [5.74, 6) is -0.686. The Balaban J connectivity index is 4.00. The molecule has 0 rings (SSSR count). The predicted molar refractivity (Wildman–Crippen MR) is 66.8 cm³/mol. The van der Waals surface area contributed by atoms with E-state index in [2.05, 4.69) is 5.32 Å². The molecule has 0 aromatic carbocycles. The number of thioether (sulfide) groups is 1. The molecule has 0 aromatic rings. The van der Waals surface area contributed by atoms with Gasteiger partial charge in [-0.1, -0.05) is 6.92 Å². The molecule has 18 heavy (non-hydrogen) atoms. The van der Waals surface area contributed by atoms with Crippen LogP contribution < -0.4 is 5.32 Å².